The van der Waals surface area contributed by atoms with Crippen molar-refractivity contribution in [3.63, 3.8) is 0 Å². The van der Waals surface area contributed by atoms with Crippen LogP contribution in [-0.2, 0) is 17.1 Å². The van der Waals surface area contributed by atoms with Crippen LogP contribution in [0.15, 0.2) is 24.3 Å². The summed E-state index contributed by atoms with van der Waals surface area (Å²) in [5.41, 5.74) is 0.543. The van der Waals surface area contributed by atoms with Gasteiger partial charge in [0.25, 0.3) is 5.92 Å². The van der Waals surface area contributed by atoms with Crippen molar-refractivity contribution in [2.24, 2.45) is 0 Å². The molecule has 0 aliphatic rings. The average molecular weight is 214 g/mol. The molecule has 0 aliphatic heterocycles. The molecule has 1 aromatic carbocycles. The molecule has 0 atom stereocenters. The number of hydrogen-bond donors (Lipinski definition) is 1. The van der Waals surface area contributed by atoms with Gasteiger partial charge in [0.1, 0.15) is 0 Å². The summed E-state index contributed by atoms with van der Waals surface area (Å²) in [6.07, 6.45) is 0.234. The highest BCUT2D eigenvalue weighted by Gasteiger charge is 2.23. The van der Waals surface area contributed by atoms with Gasteiger partial charge in [-0.1, -0.05) is 18.2 Å². The molecular formula is C11H12F2O2. The Bertz CT molecular complexity index is 356. The highest BCUT2D eigenvalue weighted by Crippen LogP contribution is 2.27. The van der Waals surface area contributed by atoms with Crippen LogP contribution in [-0.4, -0.2) is 11.1 Å². The Hall–Kier alpha value is -1.45. The summed E-state index contributed by atoms with van der Waals surface area (Å²) in [5.74, 6) is -3.80. The molecule has 1 aromatic rings. The maximum atomic E-state index is 12.9. The van der Waals surface area contributed by atoms with Crippen molar-refractivity contribution in [3.05, 3.63) is 35.4 Å². The van der Waals surface area contributed by atoms with E-state index in [9.17, 15) is 13.6 Å². The first-order valence-corrected chi connectivity index (χ1v) is 4.58. The van der Waals surface area contributed by atoms with Gasteiger partial charge in [0.15, 0.2) is 0 Å². The zero-order chi connectivity index (χ0) is 11.5. The molecule has 0 fully saturated rings. The first kappa shape index (κ1) is 11.6. The van der Waals surface area contributed by atoms with Crippen LogP contribution in [0.3, 0.4) is 0 Å². The quantitative estimate of drug-likeness (QED) is 0.836. The van der Waals surface area contributed by atoms with E-state index < -0.39 is 11.9 Å². The Morgan fingerprint density at radius 1 is 1.47 bits per heavy atom. The van der Waals surface area contributed by atoms with E-state index in [1.165, 1.54) is 18.2 Å². The van der Waals surface area contributed by atoms with Gasteiger partial charge in [0, 0.05) is 18.9 Å². The second kappa shape index (κ2) is 4.38. The molecule has 0 aliphatic carbocycles. The fourth-order valence-electron chi connectivity index (χ4n) is 1.25. The number of aliphatic carboxylic acids is 1. The molecule has 0 amide bonds. The molecular weight excluding hydrogens is 202 g/mol. The molecule has 15 heavy (non-hydrogen) atoms. The van der Waals surface area contributed by atoms with E-state index in [0.717, 1.165) is 6.92 Å². The van der Waals surface area contributed by atoms with Gasteiger partial charge in [-0.05, 0) is 18.1 Å². The molecule has 2 nitrogen and oxygen atoms in total. The summed E-state index contributed by atoms with van der Waals surface area (Å²) in [7, 11) is 0. The SMILES string of the molecule is CC(F)(F)c1cccc(CCC(=O)O)c1. The number of hydrogen-bond acceptors (Lipinski definition) is 1. The van der Waals surface area contributed by atoms with Crippen molar-refractivity contribution >= 4 is 5.97 Å². The Morgan fingerprint density at radius 3 is 2.67 bits per heavy atom. The second-order valence-electron chi connectivity index (χ2n) is 3.48. The highest BCUT2D eigenvalue weighted by atomic mass is 19.3. The lowest BCUT2D eigenvalue weighted by atomic mass is 10.0. The van der Waals surface area contributed by atoms with E-state index in [2.05, 4.69) is 0 Å². The Balaban J connectivity index is 2.79. The fraction of sp³-hybridized carbons (Fsp3) is 0.364. The lowest BCUT2D eigenvalue weighted by molar-refractivity contribution is -0.136. The standard InChI is InChI=1S/C11H12F2O2/c1-11(12,13)9-4-2-3-8(7-9)5-6-10(14)15/h2-4,7H,5-6H2,1H3,(H,14,15). The van der Waals surface area contributed by atoms with E-state index in [0.29, 0.717) is 5.56 Å². The normalized spacial score (nSPS) is 11.4. The molecule has 0 radical (unpaired) electrons. The molecule has 0 unspecified atom stereocenters. The highest BCUT2D eigenvalue weighted by molar-refractivity contribution is 5.67. The van der Waals surface area contributed by atoms with Crippen molar-refractivity contribution in [2.45, 2.75) is 25.7 Å². The summed E-state index contributed by atoms with van der Waals surface area (Å²) >= 11 is 0. The van der Waals surface area contributed by atoms with Gasteiger partial charge >= 0.3 is 5.97 Å². The zero-order valence-corrected chi connectivity index (χ0v) is 8.34. The predicted molar refractivity (Wildman–Crippen MR) is 52.0 cm³/mol. The van der Waals surface area contributed by atoms with E-state index in [1.807, 2.05) is 0 Å². The van der Waals surface area contributed by atoms with Crippen LogP contribution in [0.5, 0.6) is 0 Å². The fourth-order valence-corrected chi connectivity index (χ4v) is 1.25. The van der Waals surface area contributed by atoms with Crippen LogP contribution in [0.25, 0.3) is 0 Å². The van der Waals surface area contributed by atoms with Crippen LogP contribution in [0, 0.1) is 0 Å². The van der Waals surface area contributed by atoms with Crippen LogP contribution >= 0.6 is 0 Å². The van der Waals surface area contributed by atoms with Gasteiger partial charge in [-0.2, -0.15) is 0 Å². The average Bonchev–Trinajstić information content (AvgIpc) is 2.14. The van der Waals surface area contributed by atoms with Crippen LogP contribution in [0.2, 0.25) is 0 Å². The van der Waals surface area contributed by atoms with Crippen LogP contribution in [0.4, 0.5) is 8.78 Å². The maximum absolute atomic E-state index is 12.9. The minimum Gasteiger partial charge on any atom is -0.481 e. The Labute approximate surface area is 86.5 Å². The van der Waals surface area contributed by atoms with Crippen LogP contribution in [0.1, 0.15) is 24.5 Å². The molecule has 0 heterocycles. The smallest absolute Gasteiger partial charge is 0.303 e. The third-order valence-corrected chi connectivity index (χ3v) is 2.06. The molecule has 0 bridgehead atoms. The second-order valence-corrected chi connectivity index (χ2v) is 3.48. The third-order valence-electron chi connectivity index (χ3n) is 2.06. The molecule has 82 valence electrons. The van der Waals surface area contributed by atoms with Gasteiger partial charge < -0.3 is 5.11 Å². The lowest BCUT2D eigenvalue weighted by Gasteiger charge is -2.11. The van der Waals surface area contributed by atoms with E-state index >= 15 is 0 Å². The first-order valence-electron chi connectivity index (χ1n) is 4.58. The lowest BCUT2D eigenvalue weighted by Crippen LogP contribution is -2.07. The molecule has 0 saturated carbocycles. The van der Waals surface area contributed by atoms with Crippen molar-refractivity contribution < 1.29 is 18.7 Å². The van der Waals surface area contributed by atoms with E-state index in [-0.39, 0.29) is 18.4 Å². The number of carboxylic acid groups (broad SMARTS) is 1. The Morgan fingerprint density at radius 2 is 2.13 bits per heavy atom. The summed E-state index contributed by atoms with van der Waals surface area (Å²) in [5, 5.41) is 8.46. The number of benzene rings is 1. The molecule has 1 rings (SSSR count). The topological polar surface area (TPSA) is 37.3 Å². The monoisotopic (exact) mass is 214 g/mol. The number of carboxylic acids is 1. The Kier molecular flexibility index (Phi) is 3.39. The minimum absolute atomic E-state index is 0.0429. The summed E-state index contributed by atoms with van der Waals surface area (Å²) in [6.45, 7) is 0.823. The van der Waals surface area contributed by atoms with Crippen molar-refractivity contribution in [2.75, 3.05) is 0 Å². The van der Waals surface area contributed by atoms with Crippen molar-refractivity contribution in [1.29, 1.82) is 0 Å². The summed E-state index contributed by atoms with van der Waals surface area (Å²) in [4.78, 5) is 10.3. The van der Waals surface area contributed by atoms with Gasteiger partial charge in [0.2, 0.25) is 0 Å². The van der Waals surface area contributed by atoms with Gasteiger partial charge in [-0.3, -0.25) is 4.79 Å². The molecule has 0 aromatic heterocycles. The summed E-state index contributed by atoms with van der Waals surface area (Å²) in [6, 6.07) is 5.86. The number of aryl methyl sites for hydroxylation is 1. The van der Waals surface area contributed by atoms with E-state index in [4.69, 9.17) is 5.11 Å². The number of rotatable bonds is 4. The van der Waals surface area contributed by atoms with Crippen molar-refractivity contribution in [1.82, 2.24) is 0 Å². The maximum Gasteiger partial charge on any atom is 0.303 e. The van der Waals surface area contributed by atoms with Gasteiger partial charge in [-0.25, -0.2) is 8.78 Å². The molecule has 4 heteroatoms. The molecule has 1 N–H and O–H groups in total. The number of alkyl halides is 2. The minimum atomic E-state index is -2.88. The van der Waals surface area contributed by atoms with Gasteiger partial charge in [0.05, 0.1) is 0 Å². The predicted octanol–water partition coefficient (Wildman–Crippen LogP) is 2.82. The van der Waals surface area contributed by atoms with Gasteiger partial charge in [-0.15, -0.1) is 0 Å². The van der Waals surface area contributed by atoms with E-state index in [1.54, 1.807) is 6.07 Å². The first-order chi connectivity index (χ1) is 6.89. The number of halogens is 2. The molecule has 0 spiro atoms. The number of carbonyl (C=O) groups is 1. The zero-order valence-electron chi connectivity index (χ0n) is 8.34. The van der Waals surface area contributed by atoms with Crippen LogP contribution < -0.4 is 0 Å². The third kappa shape index (κ3) is 3.65. The molecule has 0 saturated heterocycles. The summed E-state index contributed by atoms with van der Waals surface area (Å²) < 4.78 is 25.8. The largest absolute Gasteiger partial charge is 0.481 e. The van der Waals surface area contributed by atoms with Crippen molar-refractivity contribution in [3.8, 4) is 0 Å².